The number of carbonyl (C=O) groups excluding carboxylic acids is 1. The maximum Gasteiger partial charge on any atom is 0.251 e. The molecule has 32 heavy (non-hydrogen) atoms. The summed E-state index contributed by atoms with van der Waals surface area (Å²) < 4.78 is 11.6. The van der Waals surface area contributed by atoms with Crippen molar-refractivity contribution in [2.45, 2.75) is 76.9 Å². The lowest BCUT2D eigenvalue weighted by atomic mass is 9.72. The molecule has 2 N–H and O–H groups in total. The lowest BCUT2D eigenvalue weighted by Gasteiger charge is -2.34. The molecule has 1 aromatic rings. The Morgan fingerprint density at radius 1 is 1.16 bits per heavy atom. The minimum atomic E-state index is -0.944. The Bertz CT molecular complexity index is 801. The number of aliphatic hydroxyl groups is 2. The van der Waals surface area contributed by atoms with Crippen molar-refractivity contribution < 1.29 is 24.5 Å². The maximum absolute atomic E-state index is 13.2. The first-order chi connectivity index (χ1) is 15.3. The van der Waals surface area contributed by atoms with Crippen LogP contribution in [0.3, 0.4) is 0 Å². The van der Waals surface area contributed by atoms with Crippen LogP contribution >= 0.6 is 0 Å². The van der Waals surface area contributed by atoms with Gasteiger partial charge in [-0.25, -0.2) is 0 Å². The summed E-state index contributed by atoms with van der Waals surface area (Å²) in [6.45, 7) is 5.45. The van der Waals surface area contributed by atoms with E-state index in [9.17, 15) is 15.0 Å². The molecule has 0 bridgehead atoms. The molecule has 1 aliphatic heterocycles. The van der Waals surface area contributed by atoms with Crippen molar-refractivity contribution in [2.24, 2.45) is 17.3 Å². The van der Waals surface area contributed by atoms with Crippen molar-refractivity contribution in [2.75, 3.05) is 26.8 Å². The standard InChI is InChI=1S/C26H39NO5/c1-17(28)26(2)16-27(25(30)24(29)19-7-5-4-6-8-19)14-21(26)20-11-12-22(31-3)23(13-20)32-15-18-9-10-18/h11-13,17-19,21,24,28-29H,4-10,14-16H2,1-3H3/t17-,21+,24-,26+/m1/s1. The van der Waals surface area contributed by atoms with Crippen LogP contribution < -0.4 is 9.47 Å². The van der Waals surface area contributed by atoms with E-state index in [4.69, 9.17) is 9.47 Å². The van der Waals surface area contributed by atoms with E-state index in [1.165, 1.54) is 19.3 Å². The Kier molecular flexibility index (Phi) is 7.01. The van der Waals surface area contributed by atoms with Crippen molar-refractivity contribution in [1.29, 1.82) is 0 Å². The van der Waals surface area contributed by atoms with Gasteiger partial charge in [0.1, 0.15) is 6.10 Å². The summed E-state index contributed by atoms with van der Waals surface area (Å²) in [6.07, 6.45) is 6.06. The number of amides is 1. The highest BCUT2D eigenvalue weighted by Gasteiger charge is 2.49. The number of hydrogen-bond donors (Lipinski definition) is 2. The molecule has 6 nitrogen and oxygen atoms in total. The fourth-order valence-corrected chi connectivity index (χ4v) is 5.45. The summed E-state index contributed by atoms with van der Waals surface area (Å²) in [5, 5.41) is 21.5. The molecule has 3 fully saturated rings. The molecule has 0 aromatic heterocycles. The van der Waals surface area contributed by atoms with Crippen molar-refractivity contribution >= 4 is 5.91 Å². The molecule has 4 atom stereocenters. The van der Waals surface area contributed by atoms with Gasteiger partial charge in [0, 0.05) is 24.4 Å². The van der Waals surface area contributed by atoms with Crippen LogP contribution in [0.2, 0.25) is 0 Å². The average molecular weight is 446 g/mol. The van der Waals surface area contributed by atoms with Gasteiger partial charge in [0.05, 0.1) is 19.8 Å². The summed E-state index contributed by atoms with van der Waals surface area (Å²) in [7, 11) is 1.64. The van der Waals surface area contributed by atoms with Gasteiger partial charge in [0.25, 0.3) is 5.91 Å². The zero-order valence-electron chi connectivity index (χ0n) is 19.8. The lowest BCUT2D eigenvalue weighted by molar-refractivity contribution is -0.143. The van der Waals surface area contributed by atoms with Gasteiger partial charge in [0.15, 0.2) is 11.5 Å². The van der Waals surface area contributed by atoms with Crippen molar-refractivity contribution in [3.63, 3.8) is 0 Å². The van der Waals surface area contributed by atoms with Crippen LogP contribution in [0.5, 0.6) is 11.5 Å². The fourth-order valence-electron chi connectivity index (χ4n) is 5.45. The Hall–Kier alpha value is -1.79. The van der Waals surface area contributed by atoms with Crippen LogP contribution in [0.15, 0.2) is 18.2 Å². The largest absolute Gasteiger partial charge is 0.493 e. The maximum atomic E-state index is 13.2. The van der Waals surface area contributed by atoms with Crippen LogP contribution in [0, 0.1) is 17.3 Å². The minimum Gasteiger partial charge on any atom is -0.493 e. The molecule has 2 aliphatic carbocycles. The third kappa shape index (κ3) is 4.76. The van der Waals surface area contributed by atoms with Gasteiger partial charge in [-0.15, -0.1) is 0 Å². The quantitative estimate of drug-likeness (QED) is 0.637. The number of ether oxygens (including phenoxy) is 2. The van der Waals surface area contributed by atoms with Gasteiger partial charge < -0.3 is 24.6 Å². The molecule has 2 saturated carbocycles. The van der Waals surface area contributed by atoms with Gasteiger partial charge in [0.2, 0.25) is 0 Å². The van der Waals surface area contributed by atoms with E-state index in [1.54, 1.807) is 18.9 Å². The lowest BCUT2D eigenvalue weighted by Crippen LogP contribution is -2.44. The molecular weight excluding hydrogens is 406 g/mol. The molecule has 0 unspecified atom stereocenters. The third-order valence-corrected chi connectivity index (χ3v) is 8.11. The number of methoxy groups -OCH3 is 1. The Morgan fingerprint density at radius 3 is 2.50 bits per heavy atom. The molecule has 0 spiro atoms. The van der Waals surface area contributed by atoms with Crippen LogP contribution in [0.1, 0.15) is 70.3 Å². The summed E-state index contributed by atoms with van der Waals surface area (Å²) in [6, 6.07) is 5.94. The Balaban J connectivity index is 1.55. The molecule has 0 radical (unpaired) electrons. The molecule has 3 aliphatic rings. The van der Waals surface area contributed by atoms with E-state index in [2.05, 4.69) is 0 Å². The first-order valence-electron chi connectivity index (χ1n) is 12.3. The normalized spacial score (nSPS) is 28.4. The number of aliphatic hydroxyl groups excluding tert-OH is 2. The fraction of sp³-hybridized carbons (Fsp3) is 0.731. The van der Waals surface area contributed by atoms with E-state index < -0.39 is 17.6 Å². The predicted octanol–water partition coefficient (Wildman–Crippen LogP) is 3.74. The van der Waals surface area contributed by atoms with Crippen LogP contribution in [0.25, 0.3) is 0 Å². The molecule has 178 valence electrons. The number of benzene rings is 1. The van der Waals surface area contributed by atoms with Gasteiger partial charge in [-0.05, 0) is 62.1 Å². The zero-order chi connectivity index (χ0) is 22.9. The van der Waals surface area contributed by atoms with E-state index in [0.29, 0.717) is 31.4 Å². The molecule has 1 amide bonds. The van der Waals surface area contributed by atoms with E-state index >= 15 is 0 Å². The predicted molar refractivity (Wildman–Crippen MR) is 123 cm³/mol. The smallest absolute Gasteiger partial charge is 0.251 e. The number of rotatable bonds is 8. The second-order valence-electron chi connectivity index (χ2n) is 10.5. The molecule has 1 aromatic carbocycles. The van der Waals surface area contributed by atoms with Crippen molar-refractivity contribution in [3.8, 4) is 11.5 Å². The average Bonchev–Trinajstić information content (AvgIpc) is 3.57. The Morgan fingerprint density at radius 2 is 1.88 bits per heavy atom. The van der Waals surface area contributed by atoms with Gasteiger partial charge in [-0.2, -0.15) is 0 Å². The first-order valence-corrected chi connectivity index (χ1v) is 12.3. The Labute approximate surface area is 191 Å². The van der Waals surface area contributed by atoms with E-state index in [1.807, 2.05) is 25.1 Å². The molecule has 1 heterocycles. The highest BCUT2D eigenvalue weighted by molar-refractivity contribution is 5.81. The second kappa shape index (κ2) is 9.60. The minimum absolute atomic E-state index is 0.0523. The highest BCUT2D eigenvalue weighted by atomic mass is 16.5. The third-order valence-electron chi connectivity index (χ3n) is 8.11. The molecular formula is C26H39NO5. The molecule has 4 rings (SSSR count). The number of hydrogen-bond acceptors (Lipinski definition) is 5. The van der Waals surface area contributed by atoms with Gasteiger partial charge in [-0.3, -0.25) is 4.79 Å². The van der Waals surface area contributed by atoms with Crippen LogP contribution in [-0.2, 0) is 4.79 Å². The monoisotopic (exact) mass is 445 g/mol. The number of nitrogens with zero attached hydrogens (tertiary/aromatic N) is 1. The number of carbonyl (C=O) groups is 1. The second-order valence-corrected chi connectivity index (χ2v) is 10.5. The zero-order valence-corrected chi connectivity index (χ0v) is 19.8. The topological polar surface area (TPSA) is 79.2 Å². The van der Waals surface area contributed by atoms with Crippen LogP contribution in [-0.4, -0.2) is 60.0 Å². The molecule has 1 saturated heterocycles. The van der Waals surface area contributed by atoms with E-state index in [0.717, 1.165) is 37.0 Å². The summed E-state index contributed by atoms with van der Waals surface area (Å²) in [5.41, 5.74) is 0.520. The first kappa shape index (κ1) is 23.4. The summed E-state index contributed by atoms with van der Waals surface area (Å²) >= 11 is 0. The van der Waals surface area contributed by atoms with Crippen LogP contribution in [0.4, 0.5) is 0 Å². The summed E-state index contributed by atoms with van der Waals surface area (Å²) in [4.78, 5) is 15.0. The van der Waals surface area contributed by atoms with E-state index in [-0.39, 0.29) is 17.7 Å². The van der Waals surface area contributed by atoms with Crippen molar-refractivity contribution in [3.05, 3.63) is 23.8 Å². The van der Waals surface area contributed by atoms with Crippen molar-refractivity contribution in [1.82, 2.24) is 4.90 Å². The molecule has 6 heteroatoms. The van der Waals surface area contributed by atoms with Gasteiger partial charge >= 0.3 is 0 Å². The number of likely N-dealkylation sites (tertiary alicyclic amines) is 1. The highest BCUT2D eigenvalue weighted by Crippen LogP contribution is 2.47. The van der Waals surface area contributed by atoms with Gasteiger partial charge in [-0.1, -0.05) is 32.3 Å². The SMILES string of the molecule is COc1ccc([C@@H]2CN(C(=O)[C@H](O)C3CCCCC3)C[C@@]2(C)[C@@H](C)O)cc1OCC1CC1. The summed E-state index contributed by atoms with van der Waals surface area (Å²) in [5.74, 6) is 1.86.